The van der Waals surface area contributed by atoms with E-state index in [1.165, 1.54) is 30.3 Å². The SMILES string of the molecule is C=CCOC12Oc3ccc(Oc4ccc(SC)cc4)cc3C3C(CCCCO)C(CCCCO)C=C(C(=NOC4CCCCO4)CC1N(Cc1ccc(F)cc1)C(=O)C=Cc1ccc([N+](=O)[O-])cc1)C32. The number of hydrogen-bond acceptors (Lipinski definition) is 12. The molecule has 370 valence electrons. The van der Waals surface area contributed by atoms with Crippen molar-refractivity contribution in [2.45, 2.75) is 99.7 Å². The number of oxime groups is 1. The number of allylic oxidation sites excluding steroid dienone is 1. The molecule has 2 N–H and O–H groups in total. The number of nitro groups is 1. The summed E-state index contributed by atoms with van der Waals surface area (Å²) in [6.07, 6.45) is 15.4. The first-order valence-electron chi connectivity index (χ1n) is 24.3. The number of amides is 1. The molecule has 0 spiro atoms. The summed E-state index contributed by atoms with van der Waals surface area (Å²) in [5.74, 6) is -1.51. The van der Waals surface area contributed by atoms with Crippen molar-refractivity contribution in [2.75, 3.05) is 32.7 Å². The Labute approximate surface area is 413 Å². The highest BCUT2D eigenvalue weighted by Gasteiger charge is 2.65. The summed E-state index contributed by atoms with van der Waals surface area (Å²) in [4.78, 5) is 35.3. The summed E-state index contributed by atoms with van der Waals surface area (Å²) in [5, 5.41) is 36.5. The van der Waals surface area contributed by atoms with Crippen molar-refractivity contribution >= 4 is 35.1 Å². The number of thioether (sulfide) groups is 1. The van der Waals surface area contributed by atoms with Crippen molar-refractivity contribution in [3.8, 4) is 17.2 Å². The van der Waals surface area contributed by atoms with Crippen LogP contribution in [0, 0.1) is 33.7 Å². The summed E-state index contributed by atoms with van der Waals surface area (Å²) in [5.41, 5.74) is 3.53. The van der Waals surface area contributed by atoms with Gasteiger partial charge in [-0.1, -0.05) is 42.3 Å². The first kappa shape index (κ1) is 50.5. The normalized spacial score (nSPS) is 24.2. The molecule has 1 saturated carbocycles. The zero-order valence-electron chi connectivity index (χ0n) is 39.5. The highest BCUT2D eigenvalue weighted by Crippen LogP contribution is 2.62. The largest absolute Gasteiger partial charge is 0.459 e. The molecular weight excluding hydrogens is 914 g/mol. The minimum Gasteiger partial charge on any atom is -0.459 e. The molecule has 2 heterocycles. The van der Waals surface area contributed by atoms with Crippen LogP contribution in [0.1, 0.15) is 86.8 Å². The summed E-state index contributed by atoms with van der Waals surface area (Å²) in [7, 11) is 0. The Hall–Kier alpha value is -5.84. The monoisotopic (exact) mass is 975 g/mol. The first-order chi connectivity index (χ1) is 34.1. The van der Waals surface area contributed by atoms with E-state index in [1.807, 2.05) is 48.7 Å². The molecule has 15 heteroatoms. The van der Waals surface area contributed by atoms with Crippen molar-refractivity contribution in [1.29, 1.82) is 0 Å². The van der Waals surface area contributed by atoms with E-state index in [1.54, 1.807) is 53.1 Å². The van der Waals surface area contributed by atoms with Crippen molar-refractivity contribution in [3.05, 3.63) is 154 Å². The van der Waals surface area contributed by atoms with Crippen molar-refractivity contribution in [3.63, 3.8) is 0 Å². The van der Waals surface area contributed by atoms with Crippen LogP contribution in [0.5, 0.6) is 17.2 Å². The van der Waals surface area contributed by atoms with Crippen molar-refractivity contribution in [2.24, 2.45) is 22.9 Å². The smallest absolute Gasteiger partial charge is 0.269 e. The molecule has 1 amide bonds. The number of aliphatic hydroxyl groups excluding tert-OH is 2. The standard InChI is InChI=1S/C55H62FN3O10S/c1-3-31-66-55-50(58(36-38-13-18-40(56)19-14-38)51(62)28-17-37-15-20-41(21-16-37)59(63)64)35-48(57-69-52-12-6-9-32-65-52)46-33-39(10-4-7-29-60)45(11-5-8-30-61)53(54(46)55)47-34-43(24-27-49(47)68-55)67-42-22-25-44(70-2)26-23-42/h3,13-28,33-34,39,45,50,52-54,60-61H,1,4-12,29-32,35-36H2,2H3. The van der Waals surface area contributed by atoms with Gasteiger partial charge in [0.25, 0.3) is 5.69 Å². The van der Waals surface area contributed by atoms with E-state index in [4.69, 9.17) is 28.9 Å². The maximum absolute atomic E-state index is 15.2. The van der Waals surface area contributed by atoms with Crippen LogP contribution in [0.3, 0.4) is 0 Å². The molecule has 4 aromatic rings. The van der Waals surface area contributed by atoms with Crippen LogP contribution in [0.25, 0.3) is 6.08 Å². The van der Waals surface area contributed by atoms with Gasteiger partial charge in [-0.25, -0.2) is 4.39 Å². The summed E-state index contributed by atoms with van der Waals surface area (Å²) in [6.45, 7) is 4.79. The Bertz CT molecular complexity index is 2510. The van der Waals surface area contributed by atoms with Crippen LogP contribution in [0.2, 0.25) is 0 Å². The Balaban J connectivity index is 1.33. The molecule has 0 radical (unpaired) electrons. The zero-order valence-corrected chi connectivity index (χ0v) is 40.4. The molecule has 2 aliphatic carbocycles. The fourth-order valence-electron chi connectivity index (χ4n) is 10.5. The number of non-ortho nitro benzene ring substituents is 1. The molecule has 70 heavy (non-hydrogen) atoms. The van der Waals surface area contributed by atoms with Crippen LogP contribution in [-0.4, -0.2) is 82.5 Å². The summed E-state index contributed by atoms with van der Waals surface area (Å²) < 4.78 is 41.7. The predicted molar refractivity (Wildman–Crippen MR) is 267 cm³/mol. The molecule has 2 aliphatic heterocycles. The minimum atomic E-state index is -1.57. The Morgan fingerprint density at radius 2 is 1.73 bits per heavy atom. The second-order valence-corrected chi connectivity index (χ2v) is 19.1. The summed E-state index contributed by atoms with van der Waals surface area (Å²) in [6, 6.07) is 24.8. The number of halogens is 1. The second-order valence-electron chi connectivity index (χ2n) is 18.2. The van der Waals surface area contributed by atoms with Gasteiger partial charge in [-0.2, -0.15) is 0 Å². The van der Waals surface area contributed by atoms with Gasteiger partial charge in [0, 0.05) is 67.2 Å². The third-order valence-corrected chi connectivity index (χ3v) is 14.5. The molecule has 7 unspecified atom stereocenters. The molecule has 4 aliphatic rings. The maximum Gasteiger partial charge on any atom is 0.269 e. The number of nitrogens with zero attached hydrogens (tertiary/aromatic N) is 3. The third kappa shape index (κ3) is 11.7. The molecule has 0 aromatic heterocycles. The molecule has 7 atom stereocenters. The highest BCUT2D eigenvalue weighted by atomic mass is 32.2. The quantitative estimate of drug-likeness (QED) is 0.0192. The molecular formula is C55H62FN3O10S. The molecule has 0 bridgehead atoms. The van der Waals surface area contributed by atoms with E-state index in [0.717, 1.165) is 54.6 Å². The first-order valence-corrected chi connectivity index (χ1v) is 25.5. The number of aliphatic hydroxyl groups is 2. The topological polar surface area (TPSA) is 162 Å². The third-order valence-electron chi connectivity index (χ3n) is 13.8. The molecule has 13 nitrogen and oxygen atoms in total. The fraction of sp³-hybridized carbons (Fsp3) is 0.418. The van der Waals surface area contributed by atoms with E-state index >= 15 is 4.79 Å². The Morgan fingerprint density at radius 3 is 2.41 bits per heavy atom. The number of carbonyl (C=O) groups is 1. The minimum absolute atomic E-state index is 0.00229. The second kappa shape index (κ2) is 23.8. The van der Waals surface area contributed by atoms with Crippen molar-refractivity contribution in [1.82, 2.24) is 4.90 Å². The number of rotatable bonds is 22. The number of hydrogen-bond donors (Lipinski definition) is 2. The van der Waals surface area contributed by atoms with Gasteiger partial charge in [-0.05, 0) is 146 Å². The Morgan fingerprint density at radius 1 is 0.986 bits per heavy atom. The van der Waals surface area contributed by atoms with Crippen LogP contribution in [0.15, 0.2) is 131 Å². The molecule has 1 saturated heterocycles. The molecule has 4 aromatic carbocycles. The number of ether oxygens (including phenoxy) is 4. The van der Waals surface area contributed by atoms with E-state index in [0.29, 0.717) is 60.0 Å². The number of benzene rings is 4. The zero-order chi connectivity index (χ0) is 49.0. The fourth-order valence-corrected chi connectivity index (χ4v) is 10.9. The van der Waals surface area contributed by atoms with Gasteiger partial charge in [0.05, 0.1) is 29.8 Å². The Kier molecular flexibility index (Phi) is 17.2. The van der Waals surface area contributed by atoms with Crippen LogP contribution in [-0.2, 0) is 25.7 Å². The average molecular weight is 976 g/mol. The summed E-state index contributed by atoms with van der Waals surface area (Å²) >= 11 is 1.65. The van der Waals surface area contributed by atoms with Crippen molar-refractivity contribution < 1.29 is 48.1 Å². The van der Waals surface area contributed by atoms with E-state index in [-0.39, 0.29) is 56.2 Å². The predicted octanol–water partition coefficient (Wildman–Crippen LogP) is 11.2. The number of fused-ring (bicyclic) bond motifs is 2. The van der Waals surface area contributed by atoms with Gasteiger partial charge in [0.1, 0.15) is 29.1 Å². The lowest BCUT2D eigenvalue weighted by Gasteiger charge is -2.60. The number of carbonyl (C=O) groups excluding carboxylic acids is 1. The maximum atomic E-state index is 15.2. The van der Waals surface area contributed by atoms with Crippen LogP contribution >= 0.6 is 11.8 Å². The van der Waals surface area contributed by atoms with Crippen LogP contribution in [0.4, 0.5) is 10.1 Å². The number of unbranched alkanes of at least 4 members (excludes halogenated alkanes) is 2. The molecule has 2 fully saturated rings. The van der Waals surface area contributed by atoms with Gasteiger partial charge in [-0.15, -0.1) is 18.3 Å². The van der Waals surface area contributed by atoms with Gasteiger partial charge >= 0.3 is 0 Å². The average Bonchev–Trinajstić information content (AvgIpc) is 3.38. The van der Waals surface area contributed by atoms with Gasteiger partial charge in [0.2, 0.25) is 18.0 Å². The van der Waals surface area contributed by atoms with E-state index < -0.39 is 40.7 Å². The van der Waals surface area contributed by atoms with E-state index in [9.17, 15) is 24.7 Å². The lowest BCUT2D eigenvalue weighted by atomic mass is 9.55. The molecule has 8 rings (SSSR count). The highest BCUT2D eigenvalue weighted by molar-refractivity contribution is 7.98. The lowest BCUT2D eigenvalue weighted by molar-refractivity contribution is -0.384. The van der Waals surface area contributed by atoms with Gasteiger partial charge < -0.3 is 38.9 Å². The van der Waals surface area contributed by atoms with Gasteiger partial charge in [0.15, 0.2) is 0 Å². The van der Waals surface area contributed by atoms with Gasteiger partial charge in [-0.3, -0.25) is 14.9 Å². The van der Waals surface area contributed by atoms with Crippen LogP contribution < -0.4 is 9.47 Å². The number of nitro benzene ring substituents is 1. The van der Waals surface area contributed by atoms with E-state index in [2.05, 4.69) is 12.7 Å². The lowest BCUT2D eigenvalue weighted by Crippen LogP contribution is -2.70.